The molecule has 0 bridgehead atoms. The third kappa shape index (κ3) is 4.71. The lowest BCUT2D eigenvalue weighted by molar-refractivity contribution is -0.134. The van der Waals surface area contributed by atoms with E-state index in [0.717, 1.165) is 30.4 Å². The predicted octanol–water partition coefficient (Wildman–Crippen LogP) is 4.58. The van der Waals surface area contributed by atoms with E-state index in [1.807, 2.05) is 17.0 Å². The molecule has 3 aromatic rings. The standard InChI is InChI=1S/C29H30N2O5S/c1-19-5-2-3-7-22(19)28-23-11-14-37-26(23)10-12-31(28)27(32)17-30(16-21-6-4-13-34-21)29(33)20-8-9-24-25(15-20)36-18-35-24/h2-3,5,7-9,11,14-15,21,28H,4,6,10,12-13,16-18H2,1H3. The zero-order chi connectivity index (χ0) is 25.4. The Bertz CT molecular complexity index is 1320. The summed E-state index contributed by atoms with van der Waals surface area (Å²) in [6.07, 6.45) is 2.60. The minimum Gasteiger partial charge on any atom is -0.454 e. The van der Waals surface area contributed by atoms with Crippen LogP contribution in [0.3, 0.4) is 0 Å². The Morgan fingerprint density at radius 3 is 2.78 bits per heavy atom. The van der Waals surface area contributed by atoms with Crippen molar-refractivity contribution in [2.24, 2.45) is 0 Å². The summed E-state index contributed by atoms with van der Waals surface area (Å²) in [4.78, 5) is 32.6. The molecule has 2 atom stereocenters. The molecule has 3 aliphatic rings. The van der Waals surface area contributed by atoms with Crippen molar-refractivity contribution in [1.82, 2.24) is 9.80 Å². The summed E-state index contributed by atoms with van der Waals surface area (Å²) in [6.45, 7) is 3.92. The summed E-state index contributed by atoms with van der Waals surface area (Å²) in [7, 11) is 0. The van der Waals surface area contributed by atoms with Gasteiger partial charge in [-0.15, -0.1) is 11.3 Å². The van der Waals surface area contributed by atoms with Crippen molar-refractivity contribution in [1.29, 1.82) is 0 Å². The molecule has 4 heterocycles. The molecule has 1 fully saturated rings. The smallest absolute Gasteiger partial charge is 0.254 e. The number of nitrogens with zero attached hydrogens (tertiary/aromatic N) is 2. The van der Waals surface area contributed by atoms with Gasteiger partial charge in [-0.05, 0) is 72.5 Å². The first kappa shape index (κ1) is 24.0. The fraction of sp³-hybridized carbons (Fsp3) is 0.379. The number of carbonyl (C=O) groups excluding carboxylic acids is 2. The number of carbonyl (C=O) groups is 2. The van der Waals surface area contributed by atoms with Crippen molar-refractivity contribution in [3.8, 4) is 11.5 Å². The fourth-order valence-electron chi connectivity index (χ4n) is 5.53. The summed E-state index contributed by atoms with van der Waals surface area (Å²) < 4.78 is 16.7. The van der Waals surface area contributed by atoms with Gasteiger partial charge in [0.25, 0.3) is 5.91 Å². The van der Waals surface area contributed by atoms with Crippen LogP contribution in [0.25, 0.3) is 0 Å². The number of benzene rings is 2. The Kier molecular flexibility index (Phi) is 6.61. The van der Waals surface area contributed by atoms with Crippen LogP contribution in [0.1, 0.15) is 50.8 Å². The molecular formula is C29H30N2O5S. The number of ether oxygens (including phenoxy) is 3. The molecule has 2 amide bonds. The normalized spacial score (nSPS) is 20.1. The molecule has 0 spiro atoms. The van der Waals surface area contributed by atoms with Crippen molar-refractivity contribution in [3.05, 3.63) is 81.0 Å². The summed E-state index contributed by atoms with van der Waals surface area (Å²) in [5.74, 6) is 0.911. The van der Waals surface area contributed by atoms with E-state index in [0.29, 0.717) is 36.8 Å². The Balaban J connectivity index is 1.29. The van der Waals surface area contributed by atoms with Gasteiger partial charge in [0.05, 0.1) is 12.1 Å². The molecular weight excluding hydrogens is 488 g/mol. The summed E-state index contributed by atoms with van der Waals surface area (Å²) in [5.41, 5.74) is 3.94. The highest BCUT2D eigenvalue weighted by Crippen LogP contribution is 2.39. The minimum atomic E-state index is -0.206. The second-order valence-corrected chi connectivity index (χ2v) is 10.8. The van der Waals surface area contributed by atoms with Gasteiger partial charge in [-0.2, -0.15) is 0 Å². The second-order valence-electron chi connectivity index (χ2n) is 9.78. The molecule has 37 heavy (non-hydrogen) atoms. The number of hydrogen-bond acceptors (Lipinski definition) is 6. The van der Waals surface area contributed by atoms with Crippen LogP contribution < -0.4 is 9.47 Å². The number of aryl methyl sites for hydroxylation is 1. The molecule has 0 radical (unpaired) electrons. The second kappa shape index (κ2) is 10.2. The van der Waals surface area contributed by atoms with Crippen LogP contribution in [0, 0.1) is 6.92 Å². The van der Waals surface area contributed by atoms with Gasteiger partial charge in [0.15, 0.2) is 11.5 Å². The maximum absolute atomic E-state index is 14.0. The number of hydrogen-bond donors (Lipinski definition) is 0. The average Bonchev–Trinajstić information content (AvgIpc) is 3.69. The summed E-state index contributed by atoms with van der Waals surface area (Å²) in [5, 5.41) is 2.11. The van der Waals surface area contributed by atoms with Crippen LogP contribution in [0.4, 0.5) is 0 Å². The molecule has 3 aliphatic heterocycles. The van der Waals surface area contributed by atoms with E-state index in [1.165, 1.54) is 10.4 Å². The van der Waals surface area contributed by atoms with Gasteiger partial charge in [-0.25, -0.2) is 0 Å². The van der Waals surface area contributed by atoms with Crippen molar-refractivity contribution >= 4 is 23.2 Å². The maximum atomic E-state index is 14.0. The highest BCUT2D eigenvalue weighted by Gasteiger charge is 2.35. The molecule has 0 aliphatic carbocycles. The SMILES string of the molecule is Cc1ccccc1C1c2ccsc2CCN1C(=O)CN(CC1CCCO1)C(=O)c1ccc2c(c1)OCO2. The minimum absolute atomic E-state index is 0.00497. The molecule has 192 valence electrons. The van der Waals surface area contributed by atoms with E-state index in [9.17, 15) is 9.59 Å². The largest absolute Gasteiger partial charge is 0.454 e. The summed E-state index contributed by atoms with van der Waals surface area (Å²) >= 11 is 1.75. The fourth-order valence-corrected chi connectivity index (χ4v) is 6.44. The number of rotatable bonds is 6. The van der Waals surface area contributed by atoms with Gasteiger partial charge >= 0.3 is 0 Å². The van der Waals surface area contributed by atoms with Crippen LogP contribution in [-0.4, -0.2) is 60.8 Å². The van der Waals surface area contributed by atoms with E-state index in [-0.39, 0.29) is 37.3 Å². The molecule has 0 saturated carbocycles. The Labute approximate surface area is 220 Å². The molecule has 7 nitrogen and oxygen atoms in total. The molecule has 8 heteroatoms. The van der Waals surface area contributed by atoms with E-state index in [1.54, 1.807) is 34.4 Å². The lowest BCUT2D eigenvalue weighted by Gasteiger charge is -2.38. The third-order valence-corrected chi connectivity index (χ3v) is 8.45. The van der Waals surface area contributed by atoms with Gasteiger partial charge < -0.3 is 24.0 Å². The quantitative estimate of drug-likeness (QED) is 0.478. The van der Waals surface area contributed by atoms with Crippen molar-refractivity contribution in [3.63, 3.8) is 0 Å². The van der Waals surface area contributed by atoms with Crippen LogP contribution in [0.5, 0.6) is 11.5 Å². The number of fused-ring (bicyclic) bond motifs is 2. The first-order valence-corrected chi connectivity index (χ1v) is 13.7. The summed E-state index contributed by atoms with van der Waals surface area (Å²) in [6, 6.07) is 15.4. The molecule has 1 aromatic heterocycles. The van der Waals surface area contributed by atoms with Crippen molar-refractivity contribution in [2.75, 3.05) is 33.0 Å². The zero-order valence-corrected chi connectivity index (χ0v) is 21.7. The lowest BCUT2D eigenvalue weighted by atomic mass is 9.90. The first-order chi connectivity index (χ1) is 18.1. The van der Waals surface area contributed by atoms with Crippen LogP contribution in [0.15, 0.2) is 53.9 Å². The maximum Gasteiger partial charge on any atom is 0.254 e. The Morgan fingerprint density at radius 1 is 1.08 bits per heavy atom. The molecule has 2 unspecified atom stereocenters. The van der Waals surface area contributed by atoms with Crippen molar-refractivity contribution < 1.29 is 23.8 Å². The van der Waals surface area contributed by atoms with E-state index < -0.39 is 0 Å². The Morgan fingerprint density at radius 2 is 1.95 bits per heavy atom. The van der Waals surface area contributed by atoms with Crippen molar-refractivity contribution in [2.45, 2.75) is 38.3 Å². The van der Waals surface area contributed by atoms with Gasteiger partial charge in [0.1, 0.15) is 6.54 Å². The zero-order valence-electron chi connectivity index (χ0n) is 20.9. The molecule has 2 aromatic carbocycles. The molecule has 6 rings (SSSR count). The van der Waals surface area contributed by atoms with Crippen LogP contribution in [-0.2, 0) is 16.0 Å². The van der Waals surface area contributed by atoms with Crippen LogP contribution in [0.2, 0.25) is 0 Å². The van der Waals surface area contributed by atoms with Gasteiger partial charge in [-0.3, -0.25) is 9.59 Å². The van der Waals surface area contributed by atoms with Crippen LogP contribution >= 0.6 is 11.3 Å². The predicted molar refractivity (Wildman–Crippen MR) is 140 cm³/mol. The molecule has 0 N–H and O–H groups in total. The number of amides is 2. The Hall–Kier alpha value is -3.36. The lowest BCUT2D eigenvalue weighted by Crippen LogP contribution is -2.48. The van der Waals surface area contributed by atoms with Gasteiger partial charge in [0, 0.05) is 30.1 Å². The highest BCUT2D eigenvalue weighted by atomic mass is 32.1. The molecule has 1 saturated heterocycles. The van der Waals surface area contributed by atoms with Gasteiger partial charge in [0.2, 0.25) is 12.7 Å². The third-order valence-electron chi connectivity index (χ3n) is 7.45. The average molecular weight is 519 g/mol. The topological polar surface area (TPSA) is 68.3 Å². The number of thiophene rings is 1. The highest BCUT2D eigenvalue weighted by molar-refractivity contribution is 7.10. The van der Waals surface area contributed by atoms with E-state index >= 15 is 0 Å². The monoisotopic (exact) mass is 518 g/mol. The first-order valence-electron chi connectivity index (χ1n) is 12.8. The van der Waals surface area contributed by atoms with E-state index in [4.69, 9.17) is 14.2 Å². The van der Waals surface area contributed by atoms with Gasteiger partial charge in [-0.1, -0.05) is 24.3 Å². The van der Waals surface area contributed by atoms with E-state index in [2.05, 4.69) is 30.5 Å².